The molecule has 9 nitrogen and oxygen atoms in total. The molecule has 0 atom stereocenters. The molecule has 4 rings (SSSR count). The third-order valence-electron chi connectivity index (χ3n) is 6.75. The van der Waals surface area contributed by atoms with Crippen molar-refractivity contribution in [2.24, 2.45) is 10.9 Å². The van der Waals surface area contributed by atoms with Crippen molar-refractivity contribution in [3.8, 4) is 18.1 Å². The summed E-state index contributed by atoms with van der Waals surface area (Å²) in [5.41, 5.74) is 1.58. The number of benzene rings is 3. The Labute approximate surface area is 243 Å². The third-order valence-corrected chi connectivity index (χ3v) is 6.75. The molecule has 3 aromatic carbocycles. The number of amides is 2. The summed E-state index contributed by atoms with van der Waals surface area (Å²) in [6.07, 6.45) is 8.30. The highest BCUT2D eigenvalue weighted by Gasteiger charge is 2.25. The first-order valence-corrected chi connectivity index (χ1v) is 13.4. The molecule has 2 amide bonds. The molecule has 1 fully saturated rings. The zero-order valence-corrected chi connectivity index (χ0v) is 23.4. The van der Waals surface area contributed by atoms with E-state index in [0.717, 1.165) is 6.07 Å². The lowest BCUT2D eigenvalue weighted by molar-refractivity contribution is -0.149. The SMILES string of the molecule is C#Cc1ccc(NC(=O)c2cc(OC)ccc2NC(=O)c2ccc(/N=C/N3CCC(C(=O)OCC)CC3)cc2F)cc1. The maximum atomic E-state index is 15.0. The van der Waals surface area contributed by atoms with Crippen molar-refractivity contribution in [1.29, 1.82) is 0 Å². The number of carbonyl (C=O) groups excluding carboxylic acids is 3. The number of rotatable bonds is 9. The molecule has 10 heteroatoms. The van der Waals surface area contributed by atoms with Gasteiger partial charge < -0.3 is 25.0 Å². The first-order valence-electron chi connectivity index (χ1n) is 13.4. The molecule has 0 saturated carbocycles. The highest BCUT2D eigenvalue weighted by Crippen LogP contribution is 2.26. The highest BCUT2D eigenvalue weighted by atomic mass is 19.1. The van der Waals surface area contributed by atoms with Gasteiger partial charge in [-0.25, -0.2) is 9.38 Å². The number of likely N-dealkylation sites (tertiary alicyclic amines) is 1. The Bertz CT molecular complexity index is 1520. The fourth-order valence-corrected chi connectivity index (χ4v) is 4.41. The van der Waals surface area contributed by atoms with Crippen LogP contribution in [-0.2, 0) is 9.53 Å². The summed E-state index contributed by atoms with van der Waals surface area (Å²) in [6, 6.07) is 15.3. The molecule has 0 aromatic heterocycles. The number of nitrogens with zero attached hydrogens (tertiary/aromatic N) is 2. The Balaban J connectivity index is 1.43. The number of esters is 1. The molecule has 216 valence electrons. The van der Waals surface area contributed by atoms with Gasteiger partial charge in [-0.05, 0) is 74.4 Å². The van der Waals surface area contributed by atoms with Gasteiger partial charge in [0.05, 0.1) is 48.5 Å². The lowest BCUT2D eigenvalue weighted by atomic mass is 9.97. The largest absolute Gasteiger partial charge is 0.497 e. The molecule has 1 heterocycles. The number of nitrogens with one attached hydrogen (secondary N) is 2. The number of carbonyl (C=O) groups is 3. The summed E-state index contributed by atoms with van der Waals surface area (Å²) in [5, 5.41) is 5.38. The molecule has 0 unspecified atom stereocenters. The van der Waals surface area contributed by atoms with Gasteiger partial charge in [-0.2, -0.15) is 0 Å². The van der Waals surface area contributed by atoms with Crippen molar-refractivity contribution < 1.29 is 28.2 Å². The number of halogens is 1. The predicted molar refractivity (Wildman–Crippen MR) is 159 cm³/mol. The van der Waals surface area contributed by atoms with E-state index >= 15 is 0 Å². The van der Waals surface area contributed by atoms with Crippen LogP contribution in [-0.4, -0.2) is 55.8 Å². The first-order chi connectivity index (χ1) is 20.3. The van der Waals surface area contributed by atoms with Crippen molar-refractivity contribution in [1.82, 2.24) is 4.90 Å². The van der Waals surface area contributed by atoms with E-state index in [9.17, 15) is 18.8 Å². The number of hydrogen-bond acceptors (Lipinski definition) is 6. The second kappa shape index (κ2) is 13.9. The van der Waals surface area contributed by atoms with Crippen LogP contribution in [0.5, 0.6) is 5.75 Å². The minimum absolute atomic E-state index is 0.122. The molecular weight excluding hydrogens is 539 g/mol. The van der Waals surface area contributed by atoms with E-state index in [-0.39, 0.29) is 28.7 Å². The monoisotopic (exact) mass is 570 g/mol. The van der Waals surface area contributed by atoms with Crippen molar-refractivity contribution in [3.05, 3.63) is 83.2 Å². The zero-order chi connectivity index (χ0) is 30.1. The zero-order valence-electron chi connectivity index (χ0n) is 23.4. The van der Waals surface area contributed by atoms with Gasteiger partial charge in [0.1, 0.15) is 11.6 Å². The number of piperidine rings is 1. The number of terminal acetylenes is 1. The molecule has 0 bridgehead atoms. The van der Waals surface area contributed by atoms with Crippen molar-refractivity contribution >= 4 is 41.2 Å². The number of anilines is 2. The Morgan fingerprint density at radius 1 is 1.02 bits per heavy atom. The summed E-state index contributed by atoms with van der Waals surface area (Å²) >= 11 is 0. The molecule has 0 aliphatic carbocycles. The minimum atomic E-state index is -0.767. The molecule has 1 aliphatic heterocycles. The van der Waals surface area contributed by atoms with Crippen LogP contribution in [0.25, 0.3) is 0 Å². The van der Waals surface area contributed by atoms with E-state index in [1.54, 1.807) is 43.6 Å². The molecule has 1 saturated heterocycles. The second-order valence-electron chi connectivity index (χ2n) is 9.51. The van der Waals surface area contributed by atoms with E-state index in [1.807, 2.05) is 4.90 Å². The lowest BCUT2D eigenvalue weighted by Crippen LogP contribution is -2.36. The van der Waals surface area contributed by atoms with Crippen LogP contribution in [0.2, 0.25) is 0 Å². The van der Waals surface area contributed by atoms with Gasteiger partial charge in [0.15, 0.2) is 0 Å². The third kappa shape index (κ3) is 7.52. The van der Waals surface area contributed by atoms with E-state index in [0.29, 0.717) is 55.2 Å². The smallest absolute Gasteiger partial charge is 0.309 e. The summed E-state index contributed by atoms with van der Waals surface area (Å²) in [5.74, 6) is 0.602. The molecule has 3 aromatic rings. The van der Waals surface area contributed by atoms with Gasteiger partial charge in [0.25, 0.3) is 11.8 Å². The van der Waals surface area contributed by atoms with Crippen molar-refractivity contribution in [3.63, 3.8) is 0 Å². The Kier molecular flexibility index (Phi) is 9.90. The second-order valence-corrected chi connectivity index (χ2v) is 9.51. The van der Waals surface area contributed by atoms with Crippen LogP contribution in [0.4, 0.5) is 21.5 Å². The molecule has 0 radical (unpaired) electrons. The summed E-state index contributed by atoms with van der Waals surface area (Å²) in [6.45, 7) is 3.40. The van der Waals surface area contributed by atoms with Crippen LogP contribution >= 0.6 is 0 Å². The van der Waals surface area contributed by atoms with Gasteiger partial charge in [-0.15, -0.1) is 6.42 Å². The van der Waals surface area contributed by atoms with Gasteiger partial charge in [-0.1, -0.05) is 5.92 Å². The van der Waals surface area contributed by atoms with E-state index < -0.39 is 17.6 Å². The normalized spacial score (nSPS) is 13.3. The van der Waals surface area contributed by atoms with Crippen molar-refractivity contribution in [2.75, 3.05) is 37.4 Å². The van der Waals surface area contributed by atoms with Crippen LogP contribution < -0.4 is 15.4 Å². The number of aliphatic imine (C=N–C) groups is 1. The number of hydrogen-bond donors (Lipinski definition) is 2. The van der Waals surface area contributed by atoms with Crippen LogP contribution in [0.15, 0.2) is 65.7 Å². The molecule has 2 N–H and O–H groups in total. The topological polar surface area (TPSA) is 109 Å². The molecule has 1 aliphatic rings. The quantitative estimate of drug-likeness (QED) is 0.157. The lowest BCUT2D eigenvalue weighted by Gasteiger charge is -2.29. The standard InChI is InChI=1S/C32H31FN4O5/c1-4-21-6-8-23(9-7-21)35-31(39)27-19-25(41-3)11-13-29(27)36-30(38)26-12-10-24(18-28(26)33)34-20-37-16-14-22(15-17-37)32(40)42-5-2/h1,6-13,18-20,22H,5,14-17H2,2-3H3,(H,35,39)(H,36,38)/b34-20+. The van der Waals surface area contributed by atoms with E-state index in [4.69, 9.17) is 15.9 Å². The maximum Gasteiger partial charge on any atom is 0.309 e. The molecule has 42 heavy (non-hydrogen) atoms. The first kappa shape index (κ1) is 29.8. The number of methoxy groups -OCH3 is 1. The number of ether oxygens (including phenoxy) is 2. The van der Waals surface area contributed by atoms with Gasteiger partial charge in [0.2, 0.25) is 0 Å². The average molecular weight is 571 g/mol. The fraction of sp³-hybridized carbons (Fsp3) is 0.250. The van der Waals surface area contributed by atoms with Crippen molar-refractivity contribution in [2.45, 2.75) is 19.8 Å². The minimum Gasteiger partial charge on any atom is -0.497 e. The van der Waals surface area contributed by atoms with Crippen LogP contribution in [0, 0.1) is 24.1 Å². The van der Waals surface area contributed by atoms with E-state index in [2.05, 4.69) is 21.5 Å². The summed E-state index contributed by atoms with van der Waals surface area (Å²) in [4.78, 5) is 44.3. The molecular formula is C32H31FN4O5. The van der Waals surface area contributed by atoms with E-state index in [1.165, 1.54) is 31.4 Å². The fourth-order valence-electron chi connectivity index (χ4n) is 4.41. The van der Waals surface area contributed by atoms with Gasteiger partial charge in [0, 0.05) is 30.4 Å². The predicted octanol–water partition coefficient (Wildman–Crippen LogP) is 5.26. The molecule has 0 spiro atoms. The maximum absolute atomic E-state index is 15.0. The Morgan fingerprint density at radius 2 is 1.74 bits per heavy atom. The average Bonchev–Trinajstić information content (AvgIpc) is 3.01. The summed E-state index contributed by atoms with van der Waals surface area (Å²) in [7, 11) is 1.46. The Morgan fingerprint density at radius 3 is 2.38 bits per heavy atom. The Hall–Kier alpha value is -5.17. The van der Waals surface area contributed by atoms with Gasteiger partial charge >= 0.3 is 5.97 Å². The van der Waals surface area contributed by atoms with Crippen LogP contribution in [0.1, 0.15) is 46.0 Å². The summed E-state index contributed by atoms with van der Waals surface area (Å²) < 4.78 is 25.3. The van der Waals surface area contributed by atoms with Gasteiger partial charge in [-0.3, -0.25) is 14.4 Å². The van der Waals surface area contributed by atoms with Crippen LogP contribution in [0.3, 0.4) is 0 Å². The highest BCUT2D eigenvalue weighted by molar-refractivity contribution is 6.12.